The maximum atomic E-state index is 12.5. The minimum atomic E-state index is -3.22. The Hall–Kier alpha value is -0.640. The molecule has 0 aliphatic rings. The Morgan fingerprint density at radius 3 is 2.21 bits per heavy atom. The number of likely N-dealkylation sites (N-methyl/N-ethyl adjacent to an activating group) is 1. The summed E-state index contributed by atoms with van der Waals surface area (Å²) in [6.45, 7) is 0. The van der Waals surface area contributed by atoms with E-state index in [9.17, 15) is 4.57 Å². The first-order valence-electron chi connectivity index (χ1n) is 5.88. The summed E-state index contributed by atoms with van der Waals surface area (Å²) in [6.07, 6.45) is 1.72. The van der Waals surface area contributed by atoms with E-state index in [0.717, 1.165) is 10.5 Å². The van der Waals surface area contributed by atoms with Gasteiger partial charge in [0.25, 0.3) is 0 Å². The van der Waals surface area contributed by atoms with E-state index in [1.54, 1.807) is 6.08 Å². The highest BCUT2D eigenvalue weighted by molar-refractivity contribution is 7.54. The third-order valence-corrected chi connectivity index (χ3v) is 5.50. The molecule has 0 aliphatic carbocycles. The SMILES string of the molecule is COP(=O)(OC)C(C=C(Cl)c1ccccc1)[NH+](C)C. The summed E-state index contributed by atoms with van der Waals surface area (Å²) in [5.74, 6) is -0.463. The fourth-order valence-electron chi connectivity index (χ4n) is 1.71. The standard InChI is InChI=1S/C13H19ClNO3P/c1-15(2)13(19(16,17-3)18-4)10-12(14)11-8-6-5-7-9-11/h5-10,13H,1-4H3/p+1. The van der Waals surface area contributed by atoms with Gasteiger partial charge in [0, 0.05) is 20.3 Å². The molecule has 1 atom stereocenters. The number of hydrogen-bond donors (Lipinski definition) is 1. The van der Waals surface area contributed by atoms with Crippen LogP contribution in [0.4, 0.5) is 0 Å². The summed E-state index contributed by atoms with van der Waals surface area (Å²) in [6, 6.07) is 9.50. The number of benzene rings is 1. The van der Waals surface area contributed by atoms with Gasteiger partial charge in [-0.25, -0.2) is 0 Å². The van der Waals surface area contributed by atoms with Crippen molar-refractivity contribution in [2.45, 2.75) is 5.78 Å². The van der Waals surface area contributed by atoms with Crippen molar-refractivity contribution in [3.63, 3.8) is 0 Å². The Kier molecular flexibility index (Phi) is 6.24. The number of nitrogens with one attached hydrogen (secondary N) is 1. The van der Waals surface area contributed by atoms with Gasteiger partial charge in [-0.1, -0.05) is 41.9 Å². The monoisotopic (exact) mass is 304 g/mol. The molecule has 0 aliphatic heterocycles. The lowest BCUT2D eigenvalue weighted by atomic mass is 10.2. The van der Waals surface area contributed by atoms with Gasteiger partial charge in [0.15, 0.2) is 0 Å². The molecule has 0 aromatic heterocycles. The van der Waals surface area contributed by atoms with Crippen molar-refractivity contribution < 1.29 is 18.5 Å². The van der Waals surface area contributed by atoms with Crippen LogP contribution in [0.3, 0.4) is 0 Å². The summed E-state index contributed by atoms with van der Waals surface area (Å²) in [5.41, 5.74) is 0.870. The third-order valence-electron chi connectivity index (χ3n) is 2.79. The van der Waals surface area contributed by atoms with Gasteiger partial charge in [0.1, 0.15) is 0 Å². The molecule has 0 spiro atoms. The fourth-order valence-corrected chi connectivity index (χ4v) is 3.62. The van der Waals surface area contributed by atoms with Crippen LogP contribution < -0.4 is 4.90 Å². The van der Waals surface area contributed by atoms with Crippen LogP contribution in [0.5, 0.6) is 0 Å². The van der Waals surface area contributed by atoms with E-state index >= 15 is 0 Å². The molecule has 19 heavy (non-hydrogen) atoms. The first kappa shape index (κ1) is 16.4. The fraction of sp³-hybridized carbons (Fsp3) is 0.385. The zero-order chi connectivity index (χ0) is 14.5. The Morgan fingerprint density at radius 2 is 1.79 bits per heavy atom. The Balaban J connectivity index is 3.12. The lowest BCUT2D eigenvalue weighted by Crippen LogP contribution is -3.09. The van der Waals surface area contributed by atoms with E-state index in [1.807, 2.05) is 44.4 Å². The highest BCUT2D eigenvalue weighted by Gasteiger charge is 2.38. The predicted molar refractivity (Wildman–Crippen MR) is 78.5 cm³/mol. The van der Waals surface area contributed by atoms with Crippen molar-refractivity contribution in [3.05, 3.63) is 42.0 Å². The highest BCUT2D eigenvalue weighted by atomic mass is 35.5. The third kappa shape index (κ3) is 4.16. The molecule has 1 rings (SSSR count). The summed E-state index contributed by atoms with van der Waals surface area (Å²) in [5, 5.41) is 0.529. The van der Waals surface area contributed by atoms with Crippen LogP contribution in [-0.4, -0.2) is 34.1 Å². The molecule has 0 fully saturated rings. The number of hydrogen-bond acceptors (Lipinski definition) is 3. The van der Waals surface area contributed by atoms with E-state index in [0.29, 0.717) is 5.03 Å². The van der Waals surface area contributed by atoms with Crippen LogP contribution in [-0.2, 0) is 13.6 Å². The van der Waals surface area contributed by atoms with Crippen molar-refractivity contribution in [2.24, 2.45) is 0 Å². The van der Waals surface area contributed by atoms with Crippen molar-refractivity contribution in [1.82, 2.24) is 0 Å². The van der Waals surface area contributed by atoms with E-state index in [-0.39, 0.29) is 0 Å². The minimum Gasteiger partial charge on any atom is -0.324 e. The van der Waals surface area contributed by atoms with Crippen molar-refractivity contribution in [2.75, 3.05) is 28.3 Å². The summed E-state index contributed by atoms with van der Waals surface area (Å²) in [7, 11) is 3.29. The summed E-state index contributed by atoms with van der Waals surface area (Å²) >= 11 is 6.28. The van der Waals surface area contributed by atoms with Crippen molar-refractivity contribution >= 4 is 24.2 Å². The molecule has 0 heterocycles. The number of halogens is 1. The van der Waals surface area contributed by atoms with Crippen LogP contribution >= 0.6 is 19.2 Å². The molecule has 0 bridgehead atoms. The molecular formula is C13H20ClNO3P+. The van der Waals surface area contributed by atoms with Gasteiger partial charge >= 0.3 is 7.60 Å². The van der Waals surface area contributed by atoms with E-state index in [4.69, 9.17) is 20.6 Å². The van der Waals surface area contributed by atoms with Gasteiger partial charge in [0.2, 0.25) is 5.78 Å². The van der Waals surface area contributed by atoms with Gasteiger partial charge in [-0.3, -0.25) is 4.57 Å². The first-order valence-corrected chi connectivity index (χ1v) is 7.87. The molecular weight excluding hydrogens is 285 g/mol. The van der Waals surface area contributed by atoms with Gasteiger partial charge in [0.05, 0.1) is 19.1 Å². The Bertz CT molecular complexity index is 468. The first-order chi connectivity index (χ1) is 8.94. The lowest BCUT2D eigenvalue weighted by molar-refractivity contribution is -0.865. The van der Waals surface area contributed by atoms with Crippen LogP contribution in [0.15, 0.2) is 36.4 Å². The number of rotatable bonds is 6. The molecule has 1 unspecified atom stereocenters. The van der Waals surface area contributed by atoms with Gasteiger partial charge in [-0.05, 0) is 5.56 Å². The second-order valence-corrected chi connectivity index (χ2v) is 7.08. The summed E-state index contributed by atoms with van der Waals surface area (Å²) < 4.78 is 22.6. The molecule has 4 nitrogen and oxygen atoms in total. The quantitative estimate of drug-likeness (QED) is 0.819. The zero-order valence-electron chi connectivity index (χ0n) is 11.6. The van der Waals surface area contributed by atoms with E-state index < -0.39 is 13.4 Å². The molecule has 1 N–H and O–H groups in total. The molecule has 106 valence electrons. The highest BCUT2D eigenvalue weighted by Crippen LogP contribution is 2.50. The largest absolute Gasteiger partial charge is 0.391 e. The molecule has 0 saturated carbocycles. The van der Waals surface area contributed by atoms with Crippen LogP contribution in [0, 0.1) is 0 Å². The normalized spacial score (nSPS) is 14.7. The molecule has 0 amide bonds. The average molecular weight is 305 g/mol. The number of quaternary nitrogens is 1. The molecule has 1 aromatic carbocycles. The Morgan fingerprint density at radius 1 is 1.26 bits per heavy atom. The second-order valence-electron chi connectivity index (χ2n) is 4.31. The predicted octanol–water partition coefficient (Wildman–Crippen LogP) is 2.22. The van der Waals surface area contributed by atoms with Gasteiger partial charge in [-0.15, -0.1) is 0 Å². The van der Waals surface area contributed by atoms with Crippen LogP contribution in [0.1, 0.15) is 5.56 Å². The maximum absolute atomic E-state index is 12.5. The van der Waals surface area contributed by atoms with E-state index in [1.165, 1.54) is 14.2 Å². The average Bonchev–Trinajstić information content (AvgIpc) is 2.44. The minimum absolute atomic E-state index is 0.463. The topological polar surface area (TPSA) is 40.0 Å². The molecule has 1 aromatic rings. The second kappa shape index (κ2) is 7.22. The van der Waals surface area contributed by atoms with E-state index in [2.05, 4.69) is 0 Å². The van der Waals surface area contributed by atoms with Crippen molar-refractivity contribution in [1.29, 1.82) is 0 Å². The van der Waals surface area contributed by atoms with Gasteiger partial charge in [-0.2, -0.15) is 0 Å². The molecule has 6 heteroatoms. The molecule has 0 saturated heterocycles. The van der Waals surface area contributed by atoms with Crippen LogP contribution in [0.2, 0.25) is 0 Å². The lowest BCUT2D eigenvalue weighted by Gasteiger charge is -2.24. The molecule has 0 radical (unpaired) electrons. The van der Waals surface area contributed by atoms with Gasteiger partial charge < -0.3 is 13.9 Å². The Labute approximate surface area is 119 Å². The maximum Gasteiger partial charge on any atom is 0.391 e. The summed E-state index contributed by atoms with van der Waals surface area (Å²) in [4.78, 5) is 0.918. The smallest absolute Gasteiger partial charge is 0.324 e. The van der Waals surface area contributed by atoms with Crippen LogP contribution in [0.25, 0.3) is 5.03 Å². The van der Waals surface area contributed by atoms with Crippen molar-refractivity contribution in [3.8, 4) is 0 Å². The zero-order valence-corrected chi connectivity index (χ0v) is 13.2.